The number of aryl methyl sites for hydroxylation is 2. The molecule has 1 aliphatic rings. The predicted octanol–water partition coefficient (Wildman–Crippen LogP) is 3.19. The second kappa shape index (κ2) is 7.07. The summed E-state index contributed by atoms with van der Waals surface area (Å²) in [5, 5.41) is 9.26. The van der Waals surface area contributed by atoms with Crippen molar-refractivity contribution in [1.82, 2.24) is 10.3 Å². The molecule has 0 radical (unpaired) electrons. The number of aromatic amines is 1. The summed E-state index contributed by atoms with van der Waals surface area (Å²) in [6.07, 6.45) is 4.47. The summed E-state index contributed by atoms with van der Waals surface area (Å²) >= 11 is 0. The zero-order valence-electron chi connectivity index (χ0n) is 15.7. The first-order valence-electron chi connectivity index (χ1n) is 9.40. The number of benzene rings is 2. The van der Waals surface area contributed by atoms with Gasteiger partial charge < -0.3 is 10.3 Å². The predicted molar refractivity (Wildman–Crippen MR) is 109 cm³/mol. The Morgan fingerprint density at radius 2 is 1.93 bits per heavy atom. The van der Waals surface area contributed by atoms with Crippen molar-refractivity contribution in [3.63, 3.8) is 0 Å². The minimum Gasteiger partial charge on any atom is -0.358 e. The Labute approximate surface area is 164 Å². The third-order valence-corrected chi connectivity index (χ3v) is 6.31. The first kappa shape index (κ1) is 18.7. The number of amides is 1. The van der Waals surface area contributed by atoms with Crippen molar-refractivity contribution in [2.24, 2.45) is 5.14 Å². The van der Waals surface area contributed by atoms with Gasteiger partial charge in [-0.1, -0.05) is 12.1 Å². The maximum absolute atomic E-state index is 12.8. The highest BCUT2D eigenvalue weighted by Gasteiger charge is 2.18. The third kappa shape index (κ3) is 3.55. The van der Waals surface area contributed by atoms with Crippen LogP contribution in [0.25, 0.3) is 10.9 Å². The van der Waals surface area contributed by atoms with Gasteiger partial charge in [0.25, 0.3) is 5.91 Å². The van der Waals surface area contributed by atoms with Gasteiger partial charge in [-0.3, -0.25) is 4.79 Å². The molecule has 0 aliphatic heterocycles. The quantitative estimate of drug-likeness (QED) is 0.629. The van der Waals surface area contributed by atoms with Gasteiger partial charge in [0.1, 0.15) is 0 Å². The number of primary sulfonamides is 1. The number of nitrogens with two attached hydrogens (primary N) is 1. The van der Waals surface area contributed by atoms with Crippen molar-refractivity contribution in [3.05, 3.63) is 64.8 Å². The summed E-state index contributed by atoms with van der Waals surface area (Å²) in [4.78, 5) is 16.3. The molecule has 1 aromatic heterocycles. The van der Waals surface area contributed by atoms with Gasteiger partial charge >= 0.3 is 0 Å². The molecule has 4 N–H and O–H groups in total. The molecule has 1 atom stereocenters. The van der Waals surface area contributed by atoms with Crippen LogP contribution in [0.15, 0.2) is 47.4 Å². The Hall–Kier alpha value is -2.64. The number of hydrogen-bond donors (Lipinski definition) is 3. The van der Waals surface area contributed by atoms with Crippen molar-refractivity contribution in [2.45, 2.75) is 43.5 Å². The lowest BCUT2D eigenvalue weighted by atomic mass is 9.95. The average molecular weight is 398 g/mol. The summed E-state index contributed by atoms with van der Waals surface area (Å²) < 4.78 is 23.1. The van der Waals surface area contributed by atoms with Crippen LogP contribution in [0.5, 0.6) is 0 Å². The summed E-state index contributed by atoms with van der Waals surface area (Å²) in [5.74, 6) is -0.193. The van der Waals surface area contributed by atoms with E-state index in [1.54, 1.807) is 12.1 Å². The summed E-state index contributed by atoms with van der Waals surface area (Å²) in [6, 6.07) is 11.7. The van der Waals surface area contributed by atoms with Crippen LogP contribution in [0.1, 0.15) is 53.0 Å². The molecule has 0 bridgehead atoms. The van der Waals surface area contributed by atoms with E-state index in [0.29, 0.717) is 11.1 Å². The Kier molecular flexibility index (Phi) is 4.72. The van der Waals surface area contributed by atoms with Crippen LogP contribution in [0.2, 0.25) is 0 Å². The van der Waals surface area contributed by atoms with E-state index in [-0.39, 0.29) is 16.8 Å². The number of fused-ring (bicyclic) bond motifs is 3. The summed E-state index contributed by atoms with van der Waals surface area (Å²) in [5.41, 5.74) is 4.95. The Morgan fingerprint density at radius 3 is 2.71 bits per heavy atom. The highest BCUT2D eigenvalue weighted by Crippen LogP contribution is 2.30. The van der Waals surface area contributed by atoms with Gasteiger partial charge in [-0.05, 0) is 74.1 Å². The minimum atomic E-state index is -3.78. The second-order valence-electron chi connectivity index (χ2n) is 7.36. The largest absolute Gasteiger partial charge is 0.358 e. The fourth-order valence-corrected chi connectivity index (χ4v) is 4.44. The Balaban J connectivity index is 1.58. The molecule has 0 saturated carbocycles. The normalized spacial score (nSPS) is 15.2. The van der Waals surface area contributed by atoms with E-state index in [2.05, 4.69) is 10.3 Å². The van der Waals surface area contributed by atoms with E-state index < -0.39 is 10.0 Å². The molecule has 1 amide bonds. The molecule has 0 fully saturated rings. The number of H-pyrrole nitrogens is 1. The SMILES string of the molecule is CC(NC(=O)c1ccc2[nH]c3c(c2c1)CCCC3)c1cccc(S(N)(=O)=O)c1. The molecule has 1 heterocycles. The Bertz CT molecular complexity index is 1160. The molecule has 4 rings (SSSR count). The van der Waals surface area contributed by atoms with Crippen LogP contribution in [-0.4, -0.2) is 19.3 Å². The molecule has 1 aliphatic carbocycles. The number of aromatic nitrogens is 1. The molecule has 0 saturated heterocycles. The lowest BCUT2D eigenvalue weighted by molar-refractivity contribution is 0.0940. The van der Waals surface area contributed by atoms with Crippen molar-refractivity contribution < 1.29 is 13.2 Å². The topological polar surface area (TPSA) is 105 Å². The van der Waals surface area contributed by atoms with Crippen molar-refractivity contribution >= 4 is 26.8 Å². The highest BCUT2D eigenvalue weighted by atomic mass is 32.2. The van der Waals surface area contributed by atoms with Gasteiger partial charge in [-0.2, -0.15) is 0 Å². The molecule has 146 valence electrons. The molecule has 3 aromatic rings. The van der Waals surface area contributed by atoms with Crippen molar-refractivity contribution in [3.8, 4) is 0 Å². The first-order valence-corrected chi connectivity index (χ1v) is 10.9. The standard InChI is InChI=1S/C21H23N3O3S/c1-13(14-5-4-6-16(11-14)28(22,26)27)23-21(25)15-9-10-20-18(12-15)17-7-2-3-8-19(17)24-20/h4-6,9-13,24H,2-3,7-8H2,1H3,(H,23,25)(H2,22,26,27). The van der Waals surface area contributed by atoms with Crippen molar-refractivity contribution in [2.75, 3.05) is 0 Å². The van der Waals surface area contributed by atoms with Crippen LogP contribution in [0.4, 0.5) is 0 Å². The van der Waals surface area contributed by atoms with E-state index in [0.717, 1.165) is 23.7 Å². The van der Waals surface area contributed by atoms with Gasteiger partial charge in [-0.25, -0.2) is 13.6 Å². The molecular formula is C21H23N3O3S. The van der Waals surface area contributed by atoms with Crippen LogP contribution < -0.4 is 10.5 Å². The third-order valence-electron chi connectivity index (χ3n) is 5.39. The zero-order valence-corrected chi connectivity index (χ0v) is 16.5. The molecule has 2 aromatic carbocycles. The number of rotatable bonds is 4. The number of carbonyl (C=O) groups excluding carboxylic acids is 1. The second-order valence-corrected chi connectivity index (χ2v) is 8.92. The van der Waals surface area contributed by atoms with E-state index in [9.17, 15) is 13.2 Å². The number of carbonyl (C=O) groups is 1. The van der Waals surface area contributed by atoms with Gasteiger partial charge in [0, 0.05) is 22.2 Å². The lowest BCUT2D eigenvalue weighted by Gasteiger charge is -2.15. The van der Waals surface area contributed by atoms with E-state index >= 15 is 0 Å². The molecule has 1 unspecified atom stereocenters. The number of hydrogen-bond acceptors (Lipinski definition) is 3. The van der Waals surface area contributed by atoms with E-state index in [4.69, 9.17) is 5.14 Å². The maximum atomic E-state index is 12.8. The monoisotopic (exact) mass is 397 g/mol. The summed E-state index contributed by atoms with van der Waals surface area (Å²) in [6.45, 7) is 1.82. The van der Waals surface area contributed by atoms with Crippen LogP contribution in [-0.2, 0) is 22.9 Å². The maximum Gasteiger partial charge on any atom is 0.251 e. The zero-order chi connectivity index (χ0) is 19.9. The number of nitrogens with one attached hydrogen (secondary N) is 2. The smallest absolute Gasteiger partial charge is 0.251 e. The highest BCUT2D eigenvalue weighted by molar-refractivity contribution is 7.89. The lowest BCUT2D eigenvalue weighted by Crippen LogP contribution is -2.26. The molecule has 6 nitrogen and oxygen atoms in total. The molecular weight excluding hydrogens is 374 g/mol. The van der Waals surface area contributed by atoms with E-state index in [1.807, 2.05) is 25.1 Å². The van der Waals surface area contributed by atoms with Gasteiger partial charge in [0.2, 0.25) is 10.0 Å². The average Bonchev–Trinajstić information content (AvgIpc) is 3.05. The Morgan fingerprint density at radius 1 is 1.14 bits per heavy atom. The van der Waals surface area contributed by atoms with E-state index in [1.165, 1.54) is 36.2 Å². The fourth-order valence-electron chi connectivity index (χ4n) is 3.87. The van der Waals surface area contributed by atoms with Crippen LogP contribution >= 0.6 is 0 Å². The van der Waals surface area contributed by atoms with Crippen LogP contribution in [0, 0.1) is 0 Å². The molecule has 0 spiro atoms. The molecule has 28 heavy (non-hydrogen) atoms. The first-order chi connectivity index (χ1) is 13.3. The molecule has 7 heteroatoms. The van der Waals surface area contributed by atoms with Gasteiger partial charge in [0.05, 0.1) is 10.9 Å². The summed E-state index contributed by atoms with van der Waals surface area (Å²) in [7, 11) is -3.78. The fraction of sp³-hybridized carbons (Fsp3) is 0.286. The van der Waals surface area contributed by atoms with Gasteiger partial charge in [-0.15, -0.1) is 0 Å². The minimum absolute atomic E-state index is 0.0338. The van der Waals surface area contributed by atoms with Gasteiger partial charge in [0.15, 0.2) is 0 Å². The number of sulfonamides is 1. The van der Waals surface area contributed by atoms with Crippen molar-refractivity contribution in [1.29, 1.82) is 0 Å². The van der Waals surface area contributed by atoms with Crippen LogP contribution in [0.3, 0.4) is 0 Å².